The molecule has 1 rings (SSSR count). The number of amides is 1. The topological polar surface area (TPSA) is 68.0 Å². The fraction of sp³-hybridized carbons (Fsp3) is 0.727. The van der Waals surface area contributed by atoms with E-state index in [0.717, 1.165) is 18.5 Å². The minimum absolute atomic E-state index is 0.160. The number of nitrogens with one attached hydrogen (secondary N) is 1. The van der Waals surface area contributed by atoms with Gasteiger partial charge in [0.1, 0.15) is 0 Å². The van der Waals surface area contributed by atoms with E-state index in [0.29, 0.717) is 13.0 Å². The highest BCUT2D eigenvalue weighted by Crippen LogP contribution is 2.13. The van der Waals surface area contributed by atoms with E-state index in [4.69, 9.17) is 5.73 Å². The molecule has 0 unspecified atom stereocenters. The molecule has 0 spiro atoms. The van der Waals surface area contributed by atoms with E-state index >= 15 is 0 Å². The second-order valence-corrected chi connectivity index (χ2v) is 7.39. The lowest BCUT2D eigenvalue weighted by Crippen LogP contribution is -2.33. The molecule has 0 aromatic carbocycles. The van der Waals surface area contributed by atoms with Crippen molar-refractivity contribution in [1.29, 1.82) is 0 Å². The zero-order valence-corrected chi connectivity index (χ0v) is 16.7. The minimum Gasteiger partial charge on any atom is -0.370 e. The first kappa shape index (κ1) is 22.6. The van der Waals surface area contributed by atoms with Gasteiger partial charge in [-0.1, -0.05) is 83.6 Å². The van der Waals surface area contributed by atoms with Crippen LogP contribution in [0.2, 0.25) is 0 Å². The van der Waals surface area contributed by atoms with Crippen LogP contribution in [0.25, 0.3) is 0 Å². The van der Waals surface area contributed by atoms with Gasteiger partial charge in [-0.2, -0.15) is 0 Å². The molecule has 0 saturated heterocycles. The number of nitrogens with zero attached hydrogens (tertiary/aromatic N) is 1. The van der Waals surface area contributed by atoms with Gasteiger partial charge in [-0.15, -0.1) is 0 Å². The number of unbranched alkanes of at least 4 members (excludes halogenated alkanes) is 10. The number of pyridine rings is 1. The Labute approximate surface area is 160 Å². The summed E-state index contributed by atoms with van der Waals surface area (Å²) in [6.45, 7) is 2.96. The van der Waals surface area contributed by atoms with Crippen LogP contribution in [0.4, 0.5) is 0 Å². The van der Waals surface area contributed by atoms with Gasteiger partial charge in [-0.3, -0.25) is 9.78 Å². The Kier molecular flexibility index (Phi) is 13.8. The lowest BCUT2D eigenvalue weighted by Gasteiger charge is -2.17. The SMILES string of the molecule is CCCCCCCCCCCCC[C@@H](CC(N)=O)NCc1ccccn1. The summed E-state index contributed by atoms with van der Waals surface area (Å²) in [6.07, 6.45) is 17.9. The van der Waals surface area contributed by atoms with Crippen molar-refractivity contribution in [1.82, 2.24) is 10.3 Å². The smallest absolute Gasteiger partial charge is 0.218 e. The highest BCUT2D eigenvalue weighted by molar-refractivity contribution is 5.74. The molecule has 0 saturated carbocycles. The fourth-order valence-electron chi connectivity index (χ4n) is 3.33. The molecule has 0 radical (unpaired) electrons. The average Bonchev–Trinajstić information content (AvgIpc) is 2.64. The molecular formula is C22H39N3O. The molecular weight excluding hydrogens is 322 g/mol. The first-order valence-electron chi connectivity index (χ1n) is 10.6. The summed E-state index contributed by atoms with van der Waals surface area (Å²) in [5.41, 5.74) is 6.40. The molecule has 0 aliphatic carbocycles. The number of carbonyl (C=O) groups is 1. The highest BCUT2D eigenvalue weighted by atomic mass is 16.1. The molecule has 1 aromatic rings. The number of primary amides is 1. The van der Waals surface area contributed by atoms with Gasteiger partial charge in [-0.05, 0) is 18.6 Å². The lowest BCUT2D eigenvalue weighted by molar-refractivity contribution is -0.118. The van der Waals surface area contributed by atoms with E-state index in [1.165, 1.54) is 64.2 Å². The Hall–Kier alpha value is -1.42. The van der Waals surface area contributed by atoms with Crippen LogP contribution in [-0.4, -0.2) is 16.9 Å². The number of hydrogen-bond acceptors (Lipinski definition) is 3. The maximum Gasteiger partial charge on any atom is 0.218 e. The number of nitrogens with two attached hydrogens (primary N) is 1. The molecule has 3 N–H and O–H groups in total. The van der Waals surface area contributed by atoms with Crippen molar-refractivity contribution < 1.29 is 4.79 Å². The predicted octanol–water partition coefficient (Wildman–Crippen LogP) is 5.12. The van der Waals surface area contributed by atoms with Gasteiger partial charge in [0.25, 0.3) is 0 Å². The maximum absolute atomic E-state index is 11.3. The van der Waals surface area contributed by atoms with Crippen molar-refractivity contribution in [3.05, 3.63) is 30.1 Å². The summed E-state index contributed by atoms with van der Waals surface area (Å²) >= 11 is 0. The van der Waals surface area contributed by atoms with E-state index in [1.54, 1.807) is 6.20 Å². The van der Waals surface area contributed by atoms with Gasteiger partial charge in [0.15, 0.2) is 0 Å². The molecule has 1 amide bonds. The second kappa shape index (κ2) is 15.8. The van der Waals surface area contributed by atoms with Crippen molar-refractivity contribution in [2.75, 3.05) is 0 Å². The van der Waals surface area contributed by atoms with Gasteiger partial charge in [0.2, 0.25) is 5.91 Å². The van der Waals surface area contributed by atoms with Crippen LogP contribution in [0.15, 0.2) is 24.4 Å². The monoisotopic (exact) mass is 361 g/mol. The van der Waals surface area contributed by atoms with Gasteiger partial charge in [-0.25, -0.2) is 0 Å². The van der Waals surface area contributed by atoms with E-state index in [2.05, 4.69) is 17.2 Å². The normalized spacial score (nSPS) is 12.2. The Morgan fingerprint density at radius 1 is 1.00 bits per heavy atom. The van der Waals surface area contributed by atoms with Crippen LogP contribution >= 0.6 is 0 Å². The van der Waals surface area contributed by atoms with Gasteiger partial charge in [0.05, 0.1) is 5.69 Å². The van der Waals surface area contributed by atoms with Crippen LogP contribution in [0.1, 0.15) is 96.1 Å². The van der Waals surface area contributed by atoms with Crippen molar-refractivity contribution in [3.8, 4) is 0 Å². The summed E-state index contributed by atoms with van der Waals surface area (Å²) in [4.78, 5) is 15.6. The molecule has 4 heteroatoms. The van der Waals surface area contributed by atoms with Crippen LogP contribution < -0.4 is 11.1 Å². The lowest BCUT2D eigenvalue weighted by atomic mass is 10.0. The van der Waals surface area contributed by atoms with Gasteiger partial charge < -0.3 is 11.1 Å². The first-order valence-corrected chi connectivity index (χ1v) is 10.6. The van der Waals surface area contributed by atoms with E-state index in [-0.39, 0.29) is 11.9 Å². The Balaban J connectivity index is 2.05. The molecule has 1 heterocycles. The third kappa shape index (κ3) is 12.9. The van der Waals surface area contributed by atoms with Crippen molar-refractivity contribution in [3.63, 3.8) is 0 Å². The third-order valence-corrected chi connectivity index (χ3v) is 4.90. The standard InChI is InChI=1S/C22H39N3O/c1-2-3-4-5-6-7-8-9-10-11-12-15-20(18-22(23)26)25-19-21-16-13-14-17-24-21/h13-14,16-17,20,25H,2-12,15,18-19H2,1H3,(H2,23,26)/t20-/m0/s1. The van der Waals surface area contributed by atoms with Crippen LogP contribution in [0.5, 0.6) is 0 Å². The van der Waals surface area contributed by atoms with Crippen LogP contribution in [-0.2, 0) is 11.3 Å². The Bertz CT molecular complexity index is 450. The molecule has 148 valence electrons. The number of carbonyl (C=O) groups excluding carboxylic acids is 1. The van der Waals surface area contributed by atoms with E-state index in [9.17, 15) is 4.79 Å². The van der Waals surface area contributed by atoms with Crippen molar-refractivity contribution in [2.24, 2.45) is 5.73 Å². The third-order valence-electron chi connectivity index (χ3n) is 4.90. The number of rotatable bonds is 17. The number of aromatic nitrogens is 1. The van der Waals surface area contributed by atoms with Crippen molar-refractivity contribution >= 4 is 5.91 Å². The first-order chi connectivity index (χ1) is 12.7. The Morgan fingerprint density at radius 2 is 1.62 bits per heavy atom. The molecule has 0 aliphatic rings. The molecule has 1 aromatic heterocycles. The molecule has 0 aliphatic heterocycles. The summed E-state index contributed by atoms with van der Waals surface area (Å²) in [5.74, 6) is -0.230. The van der Waals surface area contributed by atoms with Gasteiger partial charge in [0, 0.05) is 25.2 Å². The van der Waals surface area contributed by atoms with Gasteiger partial charge >= 0.3 is 0 Å². The summed E-state index contributed by atoms with van der Waals surface area (Å²) in [6, 6.07) is 6.05. The van der Waals surface area contributed by atoms with Crippen molar-refractivity contribution in [2.45, 2.75) is 103 Å². The largest absolute Gasteiger partial charge is 0.370 e. The Morgan fingerprint density at radius 3 is 2.15 bits per heavy atom. The molecule has 1 atom stereocenters. The zero-order valence-electron chi connectivity index (χ0n) is 16.7. The minimum atomic E-state index is -0.230. The molecule has 0 fully saturated rings. The van der Waals surface area contributed by atoms with E-state index < -0.39 is 0 Å². The maximum atomic E-state index is 11.3. The molecule has 26 heavy (non-hydrogen) atoms. The molecule has 0 bridgehead atoms. The molecule has 4 nitrogen and oxygen atoms in total. The fourth-order valence-corrected chi connectivity index (χ4v) is 3.33. The summed E-state index contributed by atoms with van der Waals surface area (Å²) < 4.78 is 0. The zero-order chi connectivity index (χ0) is 18.9. The van der Waals surface area contributed by atoms with Crippen LogP contribution in [0.3, 0.4) is 0 Å². The predicted molar refractivity (Wildman–Crippen MR) is 110 cm³/mol. The summed E-state index contributed by atoms with van der Waals surface area (Å²) in [7, 11) is 0. The quantitative estimate of drug-likeness (QED) is 0.379. The summed E-state index contributed by atoms with van der Waals surface area (Å²) in [5, 5.41) is 3.44. The number of hydrogen-bond donors (Lipinski definition) is 2. The highest BCUT2D eigenvalue weighted by Gasteiger charge is 2.11. The van der Waals surface area contributed by atoms with E-state index in [1.807, 2.05) is 18.2 Å². The van der Waals surface area contributed by atoms with Crippen LogP contribution in [0, 0.1) is 0 Å². The average molecular weight is 362 g/mol. The second-order valence-electron chi connectivity index (χ2n) is 7.39.